The maximum absolute atomic E-state index is 13.2. The highest BCUT2D eigenvalue weighted by atomic mass is 19.2. The van der Waals surface area contributed by atoms with Crippen molar-refractivity contribution in [2.75, 3.05) is 5.32 Å². The lowest BCUT2D eigenvalue weighted by Crippen LogP contribution is -2.08. The van der Waals surface area contributed by atoms with Gasteiger partial charge in [0.15, 0.2) is 17.5 Å². The van der Waals surface area contributed by atoms with Crippen LogP contribution < -0.4 is 5.32 Å². The van der Waals surface area contributed by atoms with Gasteiger partial charge in [-0.1, -0.05) is 12.1 Å². The number of phenols is 1. The van der Waals surface area contributed by atoms with Gasteiger partial charge in [-0.25, -0.2) is 13.2 Å². The second kappa shape index (κ2) is 4.74. The first-order valence-electron chi connectivity index (χ1n) is 6.28. The van der Waals surface area contributed by atoms with Gasteiger partial charge >= 0.3 is 0 Å². The summed E-state index contributed by atoms with van der Waals surface area (Å²) in [5.74, 6) is -3.69. The lowest BCUT2D eigenvalue weighted by atomic mass is 10.1. The summed E-state index contributed by atoms with van der Waals surface area (Å²) in [7, 11) is 0. The summed E-state index contributed by atoms with van der Waals surface area (Å²) >= 11 is 0. The summed E-state index contributed by atoms with van der Waals surface area (Å²) in [5.41, 5.74) is 1.92. The highest BCUT2D eigenvalue weighted by Crippen LogP contribution is 2.38. The maximum atomic E-state index is 13.2. The molecule has 1 atom stereocenters. The van der Waals surface area contributed by atoms with Gasteiger partial charge in [0.05, 0.1) is 6.04 Å². The highest BCUT2D eigenvalue weighted by molar-refractivity contribution is 5.51. The number of rotatable bonds is 2. The number of halogens is 3. The molecular formula is C15H12F3NO. The summed E-state index contributed by atoms with van der Waals surface area (Å²) in [4.78, 5) is 0. The Bertz CT molecular complexity index is 649. The average Bonchev–Trinajstić information content (AvgIpc) is 2.81. The Morgan fingerprint density at radius 2 is 1.80 bits per heavy atom. The van der Waals surface area contributed by atoms with Crippen molar-refractivity contribution in [1.82, 2.24) is 0 Å². The van der Waals surface area contributed by atoms with Gasteiger partial charge < -0.3 is 10.4 Å². The van der Waals surface area contributed by atoms with Crippen LogP contribution in [-0.4, -0.2) is 5.11 Å². The normalized spacial score (nSPS) is 17.1. The average molecular weight is 279 g/mol. The Hall–Kier alpha value is -2.17. The molecule has 0 fully saturated rings. The van der Waals surface area contributed by atoms with Crippen molar-refractivity contribution in [1.29, 1.82) is 0 Å². The fraction of sp³-hybridized carbons (Fsp3) is 0.200. The minimum Gasteiger partial charge on any atom is -0.508 e. The lowest BCUT2D eigenvalue weighted by molar-refractivity contribution is 0.447. The Labute approximate surface area is 113 Å². The van der Waals surface area contributed by atoms with E-state index in [9.17, 15) is 18.3 Å². The molecule has 0 radical (unpaired) electrons. The van der Waals surface area contributed by atoms with E-state index in [1.807, 2.05) is 6.07 Å². The standard InChI is InChI=1S/C15H12F3NO/c16-11-6-8(7-12(17)15(11)18)19-13-5-4-10-9(13)2-1-3-14(10)20/h1-3,6-7,13,19-20H,4-5H2. The summed E-state index contributed by atoms with van der Waals surface area (Å²) in [6.45, 7) is 0. The maximum Gasteiger partial charge on any atom is 0.194 e. The zero-order valence-corrected chi connectivity index (χ0v) is 10.5. The van der Waals surface area contributed by atoms with Crippen LogP contribution in [0.3, 0.4) is 0 Å². The van der Waals surface area contributed by atoms with Crippen LogP contribution in [0.5, 0.6) is 5.75 Å². The van der Waals surface area contributed by atoms with Crippen LogP contribution in [0, 0.1) is 17.5 Å². The van der Waals surface area contributed by atoms with Crippen molar-refractivity contribution in [3.8, 4) is 5.75 Å². The molecule has 5 heteroatoms. The fourth-order valence-electron chi connectivity index (χ4n) is 2.63. The summed E-state index contributed by atoms with van der Waals surface area (Å²) < 4.78 is 39.3. The van der Waals surface area contributed by atoms with Crippen molar-refractivity contribution in [2.24, 2.45) is 0 Å². The molecule has 20 heavy (non-hydrogen) atoms. The largest absolute Gasteiger partial charge is 0.508 e. The van der Waals surface area contributed by atoms with Gasteiger partial charge in [0.1, 0.15) is 5.75 Å². The van der Waals surface area contributed by atoms with Crippen LogP contribution in [0.4, 0.5) is 18.9 Å². The SMILES string of the molecule is Oc1cccc2c1CCC2Nc1cc(F)c(F)c(F)c1. The van der Waals surface area contributed by atoms with Gasteiger partial charge in [-0.2, -0.15) is 0 Å². The van der Waals surface area contributed by atoms with E-state index in [1.165, 1.54) is 0 Å². The van der Waals surface area contributed by atoms with Crippen LogP contribution in [0.25, 0.3) is 0 Å². The van der Waals surface area contributed by atoms with Crippen molar-refractivity contribution >= 4 is 5.69 Å². The van der Waals surface area contributed by atoms with Crippen LogP contribution >= 0.6 is 0 Å². The Balaban J connectivity index is 1.90. The van der Waals surface area contributed by atoms with Crippen LogP contribution in [0.15, 0.2) is 30.3 Å². The molecule has 1 aliphatic carbocycles. The first-order chi connectivity index (χ1) is 9.56. The third kappa shape index (κ3) is 2.09. The molecule has 0 aliphatic heterocycles. The molecule has 3 rings (SSSR count). The molecule has 2 aromatic rings. The molecule has 0 heterocycles. The molecule has 0 aromatic heterocycles. The van der Waals surface area contributed by atoms with Crippen LogP contribution in [-0.2, 0) is 6.42 Å². The zero-order chi connectivity index (χ0) is 14.3. The van der Waals surface area contributed by atoms with E-state index in [0.717, 1.165) is 23.3 Å². The van der Waals surface area contributed by atoms with Crippen molar-refractivity contribution in [2.45, 2.75) is 18.9 Å². The number of phenolic OH excluding ortho intramolecular Hbond substituents is 1. The number of hydrogen-bond donors (Lipinski definition) is 2. The summed E-state index contributed by atoms with van der Waals surface area (Å²) in [6.07, 6.45) is 1.39. The van der Waals surface area contributed by atoms with Gasteiger partial charge in [0.25, 0.3) is 0 Å². The molecule has 2 nitrogen and oxygen atoms in total. The number of nitrogens with one attached hydrogen (secondary N) is 1. The predicted octanol–water partition coefficient (Wildman–Crippen LogP) is 3.91. The van der Waals surface area contributed by atoms with Crippen molar-refractivity contribution < 1.29 is 18.3 Å². The van der Waals surface area contributed by atoms with E-state index < -0.39 is 17.5 Å². The number of hydrogen-bond acceptors (Lipinski definition) is 2. The first kappa shape index (κ1) is 12.8. The van der Waals surface area contributed by atoms with Crippen molar-refractivity contribution in [3.63, 3.8) is 0 Å². The van der Waals surface area contributed by atoms with Gasteiger partial charge in [-0.3, -0.25) is 0 Å². The van der Waals surface area contributed by atoms with Crippen LogP contribution in [0.2, 0.25) is 0 Å². The Kier molecular flexibility index (Phi) is 3.04. The minimum atomic E-state index is -1.47. The second-order valence-electron chi connectivity index (χ2n) is 4.83. The zero-order valence-electron chi connectivity index (χ0n) is 10.5. The molecule has 0 saturated carbocycles. The van der Waals surface area contributed by atoms with Gasteiger partial charge in [0.2, 0.25) is 0 Å². The third-order valence-corrected chi connectivity index (χ3v) is 3.57. The smallest absolute Gasteiger partial charge is 0.194 e. The molecule has 104 valence electrons. The monoisotopic (exact) mass is 279 g/mol. The second-order valence-corrected chi connectivity index (χ2v) is 4.83. The molecule has 1 unspecified atom stereocenters. The minimum absolute atomic E-state index is 0.152. The molecule has 2 N–H and O–H groups in total. The molecule has 2 aromatic carbocycles. The third-order valence-electron chi connectivity index (χ3n) is 3.57. The van der Waals surface area contributed by atoms with Gasteiger partial charge in [-0.05, 0) is 30.0 Å². The topological polar surface area (TPSA) is 32.3 Å². The van der Waals surface area contributed by atoms with Gasteiger partial charge in [-0.15, -0.1) is 0 Å². The molecule has 0 saturated heterocycles. The fourth-order valence-corrected chi connectivity index (χ4v) is 2.63. The van der Waals surface area contributed by atoms with E-state index in [4.69, 9.17) is 0 Å². The molecular weight excluding hydrogens is 267 g/mol. The summed E-state index contributed by atoms with van der Waals surface area (Å²) in [5, 5.41) is 12.7. The first-order valence-corrected chi connectivity index (χ1v) is 6.28. The van der Waals surface area contributed by atoms with E-state index in [2.05, 4.69) is 5.32 Å². The number of benzene rings is 2. The molecule has 1 aliphatic rings. The molecule has 0 spiro atoms. The summed E-state index contributed by atoms with van der Waals surface area (Å²) in [6, 6.07) is 6.90. The quantitative estimate of drug-likeness (QED) is 0.817. The number of fused-ring (bicyclic) bond motifs is 1. The number of anilines is 1. The Morgan fingerprint density at radius 3 is 2.50 bits per heavy atom. The molecule has 0 bridgehead atoms. The molecule has 0 amide bonds. The van der Waals surface area contributed by atoms with Crippen molar-refractivity contribution in [3.05, 3.63) is 58.9 Å². The van der Waals surface area contributed by atoms with E-state index >= 15 is 0 Å². The van der Waals surface area contributed by atoms with Gasteiger partial charge in [0, 0.05) is 17.8 Å². The van der Waals surface area contributed by atoms with E-state index in [0.29, 0.717) is 12.8 Å². The van der Waals surface area contributed by atoms with E-state index in [-0.39, 0.29) is 17.5 Å². The number of aromatic hydroxyl groups is 1. The van der Waals surface area contributed by atoms with E-state index in [1.54, 1.807) is 12.1 Å². The van der Waals surface area contributed by atoms with Crippen LogP contribution in [0.1, 0.15) is 23.6 Å². The Morgan fingerprint density at radius 1 is 1.10 bits per heavy atom. The predicted molar refractivity (Wildman–Crippen MR) is 69.1 cm³/mol. The lowest BCUT2D eigenvalue weighted by Gasteiger charge is -2.16. The highest BCUT2D eigenvalue weighted by Gasteiger charge is 2.25.